The Labute approximate surface area is 82.8 Å². The molecule has 1 aromatic rings. The molecule has 2 rings (SSSR count). The second-order valence-corrected chi connectivity index (χ2v) is 4.82. The molecule has 1 aliphatic rings. The van der Waals surface area contributed by atoms with Crippen LogP contribution in [0.4, 0.5) is 0 Å². The lowest BCUT2D eigenvalue weighted by atomic mass is 9.75. The number of aromatic amines is 1. The summed E-state index contributed by atoms with van der Waals surface area (Å²) in [7, 11) is 0. The number of pyridine rings is 1. The van der Waals surface area contributed by atoms with Gasteiger partial charge in [0.1, 0.15) is 0 Å². The Hall–Kier alpha value is -1.09. The molecule has 76 valence electrons. The summed E-state index contributed by atoms with van der Waals surface area (Å²) in [5.41, 5.74) is 1.75. The molecule has 1 aliphatic carbocycles. The first kappa shape index (κ1) is 9.46. The van der Waals surface area contributed by atoms with Crippen molar-refractivity contribution >= 4 is 0 Å². The predicted molar refractivity (Wildman–Crippen MR) is 54.1 cm³/mol. The summed E-state index contributed by atoms with van der Waals surface area (Å²) in [5, 5.41) is 9.87. The van der Waals surface area contributed by atoms with E-state index in [9.17, 15) is 9.90 Å². The number of nitrogens with one attached hydrogen (secondary N) is 1. The van der Waals surface area contributed by atoms with Crippen LogP contribution in [0.3, 0.4) is 0 Å². The highest BCUT2D eigenvalue weighted by Gasteiger charge is 2.31. The molecule has 1 aromatic heterocycles. The van der Waals surface area contributed by atoms with Crippen LogP contribution in [-0.2, 0) is 6.42 Å². The van der Waals surface area contributed by atoms with Gasteiger partial charge in [-0.1, -0.05) is 13.8 Å². The number of fused-ring (bicyclic) bond motifs is 1. The van der Waals surface area contributed by atoms with Crippen LogP contribution >= 0.6 is 0 Å². The lowest BCUT2D eigenvalue weighted by Crippen LogP contribution is -2.28. The molecule has 2 N–H and O–H groups in total. The van der Waals surface area contributed by atoms with E-state index >= 15 is 0 Å². The van der Waals surface area contributed by atoms with E-state index in [-0.39, 0.29) is 11.0 Å². The topological polar surface area (TPSA) is 53.1 Å². The minimum atomic E-state index is -0.439. The summed E-state index contributed by atoms with van der Waals surface area (Å²) in [6.07, 6.45) is 1.15. The first-order valence-electron chi connectivity index (χ1n) is 4.88. The van der Waals surface area contributed by atoms with Gasteiger partial charge in [-0.25, -0.2) is 0 Å². The van der Waals surface area contributed by atoms with Crippen LogP contribution in [0, 0.1) is 5.41 Å². The number of H-pyrrole nitrogens is 1. The highest BCUT2D eigenvalue weighted by atomic mass is 16.3. The van der Waals surface area contributed by atoms with Gasteiger partial charge in [0.2, 0.25) is 5.56 Å². The third kappa shape index (κ3) is 1.60. The second kappa shape index (κ2) is 2.95. The van der Waals surface area contributed by atoms with Gasteiger partial charge in [-0.2, -0.15) is 0 Å². The van der Waals surface area contributed by atoms with Crippen molar-refractivity contribution in [2.45, 2.75) is 32.8 Å². The summed E-state index contributed by atoms with van der Waals surface area (Å²) in [4.78, 5) is 13.9. The Balaban J connectivity index is 2.51. The minimum absolute atomic E-state index is 0.0662. The van der Waals surface area contributed by atoms with E-state index in [0.29, 0.717) is 0 Å². The Morgan fingerprint density at radius 1 is 1.50 bits per heavy atom. The third-order valence-electron chi connectivity index (χ3n) is 2.80. The summed E-state index contributed by atoms with van der Waals surface area (Å²) < 4.78 is 0. The van der Waals surface area contributed by atoms with E-state index in [2.05, 4.69) is 18.8 Å². The lowest BCUT2D eigenvalue weighted by Gasteiger charge is -2.33. The summed E-state index contributed by atoms with van der Waals surface area (Å²) >= 11 is 0. The number of aliphatic hydroxyl groups is 1. The van der Waals surface area contributed by atoms with E-state index in [1.54, 1.807) is 6.07 Å². The number of rotatable bonds is 0. The molecule has 0 aliphatic heterocycles. The number of aromatic nitrogens is 1. The van der Waals surface area contributed by atoms with Gasteiger partial charge in [-0.15, -0.1) is 0 Å². The van der Waals surface area contributed by atoms with Crippen LogP contribution in [0.15, 0.2) is 16.9 Å². The van der Waals surface area contributed by atoms with E-state index in [1.165, 1.54) is 6.07 Å². The van der Waals surface area contributed by atoms with Gasteiger partial charge >= 0.3 is 0 Å². The Morgan fingerprint density at radius 2 is 2.21 bits per heavy atom. The molecule has 0 fully saturated rings. The standard InChI is InChI=1S/C11H15NO2/c1-11(2)5-8-7(9(13)6-11)3-4-10(14)12-8/h3-4,9,13H,5-6H2,1-2H3,(H,12,14)/t9-/m1/s1. The summed E-state index contributed by atoms with van der Waals surface area (Å²) in [6.45, 7) is 4.20. The van der Waals surface area contributed by atoms with Crippen LogP contribution in [0.1, 0.15) is 37.6 Å². The van der Waals surface area contributed by atoms with Gasteiger partial charge in [0.15, 0.2) is 0 Å². The monoisotopic (exact) mass is 193 g/mol. The van der Waals surface area contributed by atoms with Crippen molar-refractivity contribution in [1.82, 2.24) is 4.98 Å². The van der Waals surface area contributed by atoms with E-state index in [1.807, 2.05) is 0 Å². The normalized spacial score (nSPS) is 24.4. The molecular formula is C11H15NO2. The molecule has 0 unspecified atom stereocenters. The molecule has 1 heterocycles. The minimum Gasteiger partial charge on any atom is -0.388 e. The second-order valence-electron chi connectivity index (χ2n) is 4.82. The lowest BCUT2D eigenvalue weighted by molar-refractivity contribution is 0.0981. The number of hydrogen-bond acceptors (Lipinski definition) is 2. The molecule has 3 nitrogen and oxygen atoms in total. The van der Waals surface area contributed by atoms with Crippen molar-refractivity contribution < 1.29 is 5.11 Å². The van der Waals surface area contributed by atoms with Gasteiger partial charge in [-0.3, -0.25) is 4.79 Å². The molecule has 0 amide bonds. The number of hydrogen-bond donors (Lipinski definition) is 2. The molecular weight excluding hydrogens is 178 g/mol. The SMILES string of the molecule is CC1(C)Cc2[nH]c(=O)ccc2[C@H](O)C1. The average molecular weight is 193 g/mol. The van der Waals surface area contributed by atoms with Gasteiger partial charge in [0.05, 0.1) is 6.10 Å². The van der Waals surface area contributed by atoms with Crippen molar-refractivity contribution in [3.63, 3.8) is 0 Å². The Kier molecular flexibility index (Phi) is 2.00. The highest BCUT2D eigenvalue weighted by molar-refractivity contribution is 5.26. The first-order chi connectivity index (χ1) is 6.48. The van der Waals surface area contributed by atoms with Crippen molar-refractivity contribution in [3.05, 3.63) is 33.7 Å². The van der Waals surface area contributed by atoms with Gasteiger partial charge < -0.3 is 10.1 Å². The average Bonchev–Trinajstić information content (AvgIpc) is 2.00. The largest absolute Gasteiger partial charge is 0.388 e. The van der Waals surface area contributed by atoms with Crippen molar-refractivity contribution in [1.29, 1.82) is 0 Å². The van der Waals surface area contributed by atoms with Crippen LogP contribution in [-0.4, -0.2) is 10.1 Å². The molecule has 14 heavy (non-hydrogen) atoms. The van der Waals surface area contributed by atoms with E-state index in [0.717, 1.165) is 24.1 Å². The van der Waals surface area contributed by atoms with Crippen LogP contribution in [0.2, 0.25) is 0 Å². The molecule has 3 heteroatoms. The zero-order valence-electron chi connectivity index (χ0n) is 8.50. The van der Waals surface area contributed by atoms with Crippen LogP contribution < -0.4 is 5.56 Å². The van der Waals surface area contributed by atoms with Gasteiger partial charge in [0.25, 0.3) is 0 Å². The quantitative estimate of drug-likeness (QED) is 0.654. The van der Waals surface area contributed by atoms with E-state index in [4.69, 9.17) is 0 Å². The molecule has 0 saturated heterocycles. The Morgan fingerprint density at radius 3 is 2.93 bits per heavy atom. The molecule has 0 saturated carbocycles. The van der Waals surface area contributed by atoms with Crippen molar-refractivity contribution in [2.24, 2.45) is 5.41 Å². The maximum absolute atomic E-state index is 11.1. The Bertz CT molecular complexity index is 406. The summed E-state index contributed by atoms with van der Waals surface area (Å²) in [5.74, 6) is 0. The predicted octanol–water partition coefficient (Wildman–Crippen LogP) is 1.38. The maximum Gasteiger partial charge on any atom is 0.248 e. The zero-order valence-corrected chi connectivity index (χ0v) is 8.50. The number of aliphatic hydroxyl groups excluding tert-OH is 1. The van der Waals surface area contributed by atoms with Gasteiger partial charge in [0, 0.05) is 17.3 Å². The third-order valence-corrected chi connectivity index (χ3v) is 2.80. The van der Waals surface area contributed by atoms with Crippen molar-refractivity contribution in [3.8, 4) is 0 Å². The molecule has 0 radical (unpaired) electrons. The van der Waals surface area contributed by atoms with Crippen molar-refractivity contribution in [2.75, 3.05) is 0 Å². The molecule has 0 aromatic carbocycles. The van der Waals surface area contributed by atoms with Gasteiger partial charge in [-0.05, 0) is 24.3 Å². The smallest absolute Gasteiger partial charge is 0.248 e. The fourth-order valence-corrected chi connectivity index (χ4v) is 2.17. The van der Waals surface area contributed by atoms with E-state index < -0.39 is 6.10 Å². The fourth-order valence-electron chi connectivity index (χ4n) is 2.17. The fraction of sp³-hybridized carbons (Fsp3) is 0.545. The molecule has 0 bridgehead atoms. The maximum atomic E-state index is 11.1. The molecule has 0 spiro atoms. The highest BCUT2D eigenvalue weighted by Crippen LogP contribution is 2.39. The zero-order chi connectivity index (χ0) is 10.3. The summed E-state index contributed by atoms with van der Waals surface area (Å²) in [6, 6.07) is 3.20. The van der Waals surface area contributed by atoms with Crippen LogP contribution in [0.5, 0.6) is 0 Å². The first-order valence-corrected chi connectivity index (χ1v) is 4.88. The van der Waals surface area contributed by atoms with Crippen LogP contribution in [0.25, 0.3) is 0 Å². The molecule has 1 atom stereocenters.